The number of ether oxygens (including phenoxy) is 1. The summed E-state index contributed by atoms with van der Waals surface area (Å²) < 4.78 is 4.99. The number of rotatable bonds is 7. The summed E-state index contributed by atoms with van der Waals surface area (Å²) >= 11 is 1.72. The number of nitrogens with one attached hydrogen (secondary N) is 2. The van der Waals surface area contributed by atoms with Gasteiger partial charge in [-0.15, -0.1) is 11.8 Å². The third-order valence-corrected chi connectivity index (χ3v) is 4.15. The van der Waals surface area contributed by atoms with Crippen LogP contribution in [0.15, 0.2) is 47.5 Å². The molecule has 0 saturated heterocycles. The molecule has 2 rings (SSSR count). The van der Waals surface area contributed by atoms with Crippen LogP contribution in [0, 0.1) is 6.92 Å². The molecule has 0 saturated carbocycles. The number of hydrogen-bond acceptors (Lipinski definition) is 4. The fourth-order valence-electron chi connectivity index (χ4n) is 1.85. The van der Waals surface area contributed by atoms with Crippen LogP contribution < -0.4 is 15.4 Å². The van der Waals surface area contributed by atoms with E-state index in [1.165, 1.54) is 10.5 Å². The molecule has 122 valence electrons. The van der Waals surface area contributed by atoms with Crippen LogP contribution in [-0.2, 0) is 6.54 Å². The molecular formula is C17H21N3O2S. The van der Waals surface area contributed by atoms with E-state index in [4.69, 9.17) is 4.74 Å². The Kier molecular flexibility index (Phi) is 6.75. The van der Waals surface area contributed by atoms with Crippen molar-refractivity contribution in [3.63, 3.8) is 0 Å². The number of thioether (sulfide) groups is 1. The minimum atomic E-state index is -0.176. The van der Waals surface area contributed by atoms with Crippen molar-refractivity contribution in [3.05, 3.63) is 53.7 Å². The van der Waals surface area contributed by atoms with Crippen molar-refractivity contribution in [3.8, 4) is 5.88 Å². The highest BCUT2D eigenvalue weighted by atomic mass is 32.2. The van der Waals surface area contributed by atoms with Crippen LogP contribution in [-0.4, -0.2) is 30.4 Å². The number of urea groups is 1. The second-order valence-electron chi connectivity index (χ2n) is 4.98. The number of hydrogen-bond donors (Lipinski definition) is 2. The van der Waals surface area contributed by atoms with E-state index in [1.807, 2.05) is 6.07 Å². The van der Waals surface area contributed by atoms with Gasteiger partial charge in [0.1, 0.15) is 0 Å². The monoisotopic (exact) mass is 331 g/mol. The fourth-order valence-corrected chi connectivity index (χ4v) is 2.62. The number of pyridine rings is 1. The standard InChI is InChI=1S/C17H21N3O2S/c1-13-3-6-15(7-4-13)23-10-9-18-17(21)20-12-14-5-8-16(22-2)19-11-14/h3-8,11H,9-10,12H2,1-2H3,(H2,18,20,21). The van der Waals surface area contributed by atoms with E-state index in [9.17, 15) is 4.79 Å². The second-order valence-corrected chi connectivity index (χ2v) is 6.15. The molecule has 0 aliphatic rings. The summed E-state index contributed by atoms with van der Waals surface area (Å²) in [7, 11) is 1.57. The molecule has 0 fully saturated rings. The first-order chi connectivity index (χ1) is 11.2. The van der Waals surface area contributed by atoms with E-state index in [-0.39, 0.29) is 6.03 Å². The first kappa shape index (κ1) is 17.1. The van der Waals surface area contributed by atoms with E-state index >= 15 is 0 Å². The lowest BCUT2D eigenvalue weighted by atomic mass is 10.2. The highest BCUT2D eigenvalue weighted by Gasteiger charge is 2.01. The molecule has 2 N–H and O–H groups in total. The van der Waals surface area contributed by atoms with Gasteiger partial charge in [-0.2, -0.15) is 0 Å². The largest absolute Gasteiger partial charge is 0.481 e. The summed E-state index contributed by atoms with van der Waals surface area (Å²) in [6.07, 6.45) is 1.69. The van der Waals surface area contributed by atoms with E-state index < -0.39 is 0 Å². The molecule has 0 bridgehead atoms. The molecule has 5 nitrogen and oxygen atoms in total. The van der Waals surface area contributed by atoms with Crippen molar-refractivity contribution in [1.29, 1.82) is 0 Å². The van der Waals surface area contributed by atoms with Gasteiger partial charge in [-0.3, -0.25) is 0 Å². The Bertz CT molecular complexity index is 615. The van der Waals surface area contributed by atoms with Crippen molar-refractivity contribution in [1.82, 2.24) is 15.6 Å². The molecule has 23 heavy (non-hydrogen) atoms. The average molecular weight is 331 g/mol. The Hall–Kier alpha value is -2.21. The summed E-state index contributed by atoms with van der Waals surface area (Å²) in [5, 5.41) is 5.64. The molecule has 0 aliphatic heterocycles. The van der Waals surface area contributed by atoms with Crippen molar-refractivity contribution >= 4 is 17.8 Å². The van der Waals surface area contributed by atoms with Gasteiger partial charge >= 0.3 is 6.03 Å². The van der Waals surface area contributed by atoms with Crippen LogP contribution in [0.2, 0.25) is 0 Å². The van der Waals surface area contributed by atoms with Gasteiger partial charge in [0.15, 0.2) is 0 Å². The van der Waals surface area contributed by atoms with E-state index in [2.05, 4.69) is 46.8 Å². The Morgan fingerprint density at radius 1 is 1.17 bits per heavy atom. The third-order valence-electron chi connectivity index (χ3n) is 3.14. The zero-order valence-corrected chi connectivity index (χ0v) is 14.2. The van der Waals surface area contributed by atoms with Gasteiger partial charge in [-0.1, -0.05) is 23.8 Å². The molecule has 1 aromatic heterocycles. The molecule has 1 heterocycles. The Morgan fingerprint density at radius 3 is 2.61 bits per heavy atom. The first-order valence-electron chi connectivity index (χ1n) is 7.37. The van der Waals surface area contributed by atoms with Gasteiger partial charge < -0.3 is 15.4 Å². The molecule has 2 aromatic rings. The van der Waals surface area contributed by atoms with Crippen LogP contribution in [0.5, 0.6) is 5.88 Å². The van der Waals surface area contributed by atoms with Gasteiger partial charge in [0.2, 0.25) is 5.88 Å². The molecule has 0 spiro atoms. The highest BCUT2D eigenvalue weighted by molar-refractivity contribution is 7.99. The number of carbonyl (C=O) groups is 1. The predicted molar refractivity (Wildman–Crippen MR) is 92.9 cm³/mol. The van der Waals surface area contributed by atoms with Gasteiger partial charge in [0.05, 0.1) is 7.11 Å². The molecule has 0 unspecified atom stereocenters. The number of aryl methyl sites for hydroxylation is 1. The minimum absolute atomic E-state index is 0.176. The SMILES string of the molecule is COc1ccc(CNC(=O)NCCSc2ccc(C)cc2)cn1. The summed E-state index contributed by atoms with van der Waals surface area (Å²) in [5.74, 6) is 1.40. The molecule has 0 radical (unpaired) electrons. The summed E-state index contributed by atoms with van der Waals surface area (Å²) in [4.78, 5) is 17.0. The molecular weight excluding hydrogens is 310 g/mol. The molecule has 6 heteroatoms. The Morgan fingerprint density at radius 2 is 1.96 bits per heavy atom. The number of methoxy groups -OCH3 is 1. The normalized spacial score (nSPS) is 10.2. The summed E-state index contributed by atoms with van der Waals surface area (Å²) in [5.41, 5.74) is 2.18. The maximum absolute atomic E-state index is 11.7. The summed E-state index contributed by atoms with van der Waals surface area (Å²) in [6.45, 7) is 3.12. The zero-order valence-electron chi connectivity index (χ0n) is 13.3. The van der Waals surface area contributed by atoms with Crippen molar-refractivity contribution in [2.24, 2.45) is 0 Å². The Balaban J connectivity index is 1.62. The van der Waals surface area contributed by atoms with Gasteiger partial charge in [0, 0.05) is 36.0 Å². The number of benzene rings is 1. The lowest BCUT2D eigenvalue weighted by Gasteiger charge is -2.08. The number of nitrogens with zero attached hydrogens (tertiary/aromatic N) is 1. The smallest absolute Gasteiger partial charge is 0.315 e. The van der Waals surface area contributed by atoms with Crippen molar-refractivity contribution in [2.75, 3.05) is 19.4 Å². The zero-order chi connectivity index (χ0) is 16.5. The number of amides is 2. The van der Waals surface area contributed by atoms with Crippen LogP contribution >= 0.6 is 11.8 Å². The maximum Gasteiger partial charge on any atom is 0.315 e. The molecule has 2 amide bonds. The van der Waals surface area contributed by atoms with E-state index in [0.29, 0.717) is 19.0 Å². The van der Waals surface area contributed by atoms with Gasteiger partial charge in [0.25, 0.3) is 0 Å². The van der Waals surface area contributed by atoms with Crippen molar-refractivity contribution in [2.45, 2.75) is 18.4 Å². The average Bonchev–Trinajstić information content (AvgIpc) is 2.59. The summed E-state index contributed by atoms with van der Waals surface area (Å²) in [6, 6.07) is 11.8. The minimum Gasteiger partial charge on any atom is -0.481 e. The van der Waals surface area contributed by atoms with Crippen molar-refractivity contribution < 1.29 is 9.53 Å². The molecule has 1 aromatic carbocycles. The second kappa shape index (κ2) is 9.05. The lowest BCUT2D eigenvalue weighted by molar-refractivity contribution is 0.241. The number of carbonyl (C=O) groups excluding carboxylic acids is 1. The van der Waals surface area contributed by atoms with E-state index in [0.717, 1.165) is 11.3 Å². The van der Waals surface area contributed by atoms with Crippen LogP contribution in [0.25, 0.3) is 0 Å². The van der Waals surface area contributed by atoms with Gasteiger partial charge in [-0.05, 0) is 24.6 Å². The van der Waals surface area contributed by atoms with Gasteiger partial charge in [-0.25, -0.2) is 9.78 Å². The van der Waals surface area contributed by atoms with Crippen LogP contribution in [0.3, 0.4) is 0 Å². The van der Waals surface area contributed by atoms with E-state index in [1.54, 1.807) is 31.1 Å². The molecule has 0 aliphatic carbocycles. The predicted octanol–water partition coefficient (Wildman–Crippen LogP) is 2.99. The van der Waals surface area contributed by atoms with Crippen LogP contribution in [0.1, 0.15) is 11.1 Å². The fraction of sp³-hybridized carbons (Fsp3) is 0.294. The number of aromatic nitrogens is 1. The lowest BCUT2D eigenvalue weighted by Crippen LogP contribution is -2.36. The Labute approximate surface area is 140 Å². The highest BCUT2D eigenvalue weighted by Crippen LogP contribution is 2.17. The van der Waals surface area contributed by atoms with Crippen LogP contribution in [0.4, 0.5) is 4.79 Å². The third kappa shape index (κ3) is 6.20. The molecule has 0 atom stereocenters. The quantitative estimate of drug-likeness (QED) is 0.605. The topological polar surface area (TPSA) is 63.2 Å². The maximum atomic E-state index is 11.7. The first-order valence-corrected chi connectivity index (χ1v) is 8.36.